The molecule has 0 aliphatic rings. The second-order valence-electron chi connectivity index (χ2n) is 5.69. The van der Waals surface area contributed by atoms with Crippen molar-refractivity contribution in [2.24, 2.45) is 0 Å². The zero-order valence-electron chi connectivity index (χ0n) is 14.9. The molecule has 0 atom stereocenters. The van der Waals surface area contributed by atoms with Gasteiger partial charge in [-0.05, 0) is 37.6 Å². The summed E-state index contributed by atoms with van der Waals surface area (Å²) in [6.07, 6.45) is 1.53. The first kappa shape index (κ1) is 22.2. The number of carbonyl (C=O) groups excluding carboxylic acids is 3. The molecule has 4 amide bonds. The number of carbonyl (C=O) groups is 3. The maximum absolute atomic E-state index is 12.2. The molecule has 1 aromatic carbocycles. The van der Waals surface area contributed by atoms with Gasteiger partial charge in [-0.3, -0.25) is 19.8 Å². The van der Waals surface area contributed by atoms with Crippen LogP contribution in [-0.4, -0.2) is 48.9 Å². The highest BCUT2D eigenvalue weighted by Crippen LogP contribution is 2.25. The number of rotatable bonds is 9. The molecule has 0 aromatic heterocycles. The van der Waals surface area contributed by atoms with E-state index in [0.29, 0.717) is 28.8 Å². The van der Waals surface area contributed by atoms with Gasteiger partial charge < -0.3 is 10.6 Å². The number of imide groups is 1. The van der Waals surface area contributed by atoms with Crippen molar-refractivity contribution < 1.29 is 14.4 Å². The van der Waals surface area contributed by atoms with Crippen molar-refractivity contribution in [1.29, 1.82) is 0 Å². The van der Waals surface area contributed by atoms with Gasteiger partial charge in [0.2, 0.25) is 11.8 Å². The Morgan fingerprint density at radius 1 is 1.04 bits per heavy atom. The van der Waals surface area contributed by atoms with Crippen LogP contribution in [0.3, 0.4) is 0 Å². The number of nitrogens with zero attached hydrogens (tertiary/aromatic N) is 1. The first-order chi connectivity index (χ1) is 12.3. The molecule has 0 fully saturated rings. The highest BCUT2D eigenvalue weighted by molar-refractivity contribution is 6.36. The Kier molecular flexibility index (Phi) is 10.0. The van der Waals surface area contributed by atoms with Crippen LogP contribution in [0.5, 0.6) is 0 Å². The van der Waals surface area contributed by atoms with E-state index in [1.54, 1.807) is 17.0 Å². The summed E-state index contributed by atoms with van der Waals surface area (Å²) >= 11 is 11.9. The fourth-order valence-electron chi connectivity index (χ4n) is 2.17. The molecule has 1 aromatic rings. The number of benzene rings is 1. The minimum atomic E-state index is -0.536. The van der Waals surface area contributed by atoms with Crippen molar-refractivity contribution in [3.05, 3.63) is 28.2 Å². The molecule has 0 unspecified atom stereocenters. The normalized spacial score (nSPS) is 10.5. The lowest BCUT2D eigenvalue weighted by atomic mass is 10.3. The zero-order valence-corrected chi connectivity index (χ0v) is 16.4. The molecule has 26 heavy (non-hydrogen) atoms. The van der Waals surface area contributed by atoms with Gasteiger partial charge in [0.1, 0.15) is 0 Å². The lowest BCUT2D eigenvalue weighted by Crippen LogP contribution is -2.46. The number of anilines is 1. The Labute approximate surface area is 163 Å². The summed E-state index contributed by atoms with van der Waals surface area (Å²) in [5.41, 5.74) is 0.445. The fourth-order valence-corrected chi connectivity index (χ4v) is 2.62. The van der Waals surface area contributed by atoms with Crippen LogP contribution in [-0.2, 0) is 9.59 Å². The lowest BCUT2D eigenvalue weighted by Gasteiger charge is -2.20. The van der Waals surface area contributed by atoms with Crippen molar-refractivity contribution in [3.63, 3.8) is 0 Å². The largest absolute Gasteiger partial charge is 0.338 e. The summed E-state index contributed by atoms with van der Waals surface area (Å²) in [6, 6.07) is 4.23. The van der Waals surface area contributed by atoms with E-state index in [1.165, 1.54) is 6.07 Å². The van der Waals surface area contributed by atoms with E-state index in [2.05, 4.69) is 16.0 Å². The second-order valence-corrected chi connectivity index (χ2v) is 6.53. The van der Waals surface area contributed by atoms with Crippen LogP contribution in [0.2, 0.25) is 10.0 Å². The molecule has 9 heteroatoms. The van der Waals surface area contributed by atoms with Gasteiger partial charge >= 0.3 is 6.03 Å². The van der Waals surface area contributed by atoms with Gasteiger partial charge in [-0.2, -0.15) is 0 Å². The number of hydrogen-bond donors (Lipinski definition) is 3. The molecule has 0 bridgehead atoms. The monoisotopic (exact) mass is 402 g/mol. The maximum Gasteiger partial charge on any atom is 0.321 e. The molecular formula is C17H24Cl2N4O3. The Balaban J connectivity index is 2.56. The highest BCUT2D eigenvalue weighted by Gasteiger charge is 2.16. The number of halogens is 2. The van der Waals surface area contributed by atoms with Crippen molar-refractivity contribution in [3.8, 4) is 0 Å². The molecule has 0 spiro atoms. The van der Waals surface area contributed by atoms with Crippen molar-refractivity contribution in [2.75, 3.05) is 31.5 Å². The molecule has 0 aliphatic carbocycles. The molecule has 0 heterocycles. The predicted molar refractivity (Wildman–Crippen MR) is 104 cm³/mol. The molecule has 0 saturated heterocycles. The molecule has 1 rings (SSSR count). The molecule has 7 nitrogen and oxygen atoms in total. The van der Waals surface area contributed by atoms with Crippen molar-refractivity contribution >= 4 is 46.7 Å². The van der Waals surface area contributed by atoms with Crippen LogP contribution in [0.15, 0.2) is 18.2 Å². The molecular weight excluding hydrogens is 379 g/mol. The smallest absolute Gasteiger partial charge is 0.321 e. The van der Waals surface area contributed by atoms with E-state index in [1.807, 2.05) is 13.8 Å². The van der Waals surface area contributed by atoms with Crippen LogP contribution >= 0.6 is 23.2 Å². The van der Waals surface area contributed by atoms with Crippen molar-refractivity contribution in [2.45, 2.75) is 26.7 Å². The predicted octanol–water partition coefficient (Wildman–Crippen LogP) is 2.88. The Bertz CT molecular complexity index is 640. The molecule has 3 N–H and O–H groups in total. The van der Waals surface area contributed by atoms with Gasteiger partial charge in [0.25, 0.3) is 0 Å². The van der Waals surface area contributed by atoms with Crippen molar-refractivity contribution in [1.82, 2.24) is 15.5 Å². The number of amides is 4. The van der Waals surface area contributed by atoms with E-state index < -0.39 is 11.9 Å². The number of hydrogen-bond acceptors (Lipinski definition) is 4. The summed E-state index contributed by atoms with van der Waals surface area (Å²) in [4.78, 5) is 37.3. The first-order valence-electron chi connectivity index (χ1n) is 8.40. The van der Waals surface area contributed by atoms with E-state index in [0.717, 1.165) is 12.8 Å². The van der Waals surface area contributed by atoms with Crippen LogP contribution in [0, 0.1) is 0 Å². The summed E-state index contributed by atoms with van der Waals surface area (Å²) in [6.45, 7) is 4.81. The average Bonchev–Trinajstić information content (AvgIpc) is 2.55. The summed E-state index contributed by atoms with van der Waals surface area (Å²) in [7, 11) is 0. The van der Waals surface area contributed by atoms with Crippen LogP contribution in [0.25, 0.3) is 0 Å². The standard InChI is InChI=1S/C17H24Cl2N4O3/c1-3-7-20-17(26)22-16(25)11-23(8-4-2)10-15(24)21-14-6-5-12(18)9-13(14)19/h5-6,9H,3-4,7-8,10-11H2,1-2H3,(H,21,24)(H2,20,22,25,26). The average molecular weight is 403 g/mol. The van der Waals surface area contributed by atoms with Crippen LogP contribution in [0.4, 0.5) is 10.5 Å². The SMILES string of the molecule is CCCNC(=O)NC(=O)CN(CCC)CC(=O)Nc1ccc(Cl)cc1Cl. The summed E-state index contributed by atoms with van der Waals surface area (Å²) in [5, 5.41) is 8.29. The summed E-state index contributed by atoms with van der Waals surface area (Å²) < 4.78 is 0. The van der Waals surface area contributed by atoms with Gasteiger partial charge in [0.05, 0.1) is 23.8 Å². The molecule has 0 aliphatic heterocycles. The van der Waals surface area contributed by atoms with E-state index >= 15 is 0 Å². The zero-order chi connectivity index (χ0) is 19.5. The Morgan fingerprint density at radius 2 is 1.73 bits per heavy atom. The Morgan fingerprint density at radius 3 is 2.35 bits per heavy atom. The van der Waals surface area contributed by atoms with Crippen LogP contribution < -0.4 is 16.0 Å². The van der Waals surface area contributed by atoms with Crippen LogP contribution in [0.1, 0.15) is 26.7 Å². The first-order valence-corrected chi connectivity index (χ1v) is 9.16. The van der Waals surface area contributed by atoms with E-state index in [-0.39, 0.29) is 19.0 Å². The van der Waals surface area contributed by atoms with E-state index in [4.69, 9.17) is 23.2 Å². The highest BCUT2D eigenvalue weighted by atomic mass is 35.5. The third kappa shape index (κ3) is 8.51. The second kappa shape index (κ2) is 11.7. The van der Waals surface area contributed by atoms with Gasteiger partial charge in [-0.1, -0.05) is 37.0 Å². The maximum atomic E-state index is 12.2. The topological polar surface area (TPSA) is 90.5 Å². The molecule has 0 radical (unpaired) electrons. The quantitative estimate of drug-likeness (QED) is 0.592. The third-order valence-corrected chi connectivity index (χ3v) is 3.82. The van der Waals surface area contributed by atoms with Gasteiger partial charge in [0, 0.05) is 11.6 Å². The fraction of sp³-hybridized carbons (Fsp3) is 0.471. The van der Waals surface area contributed by atoms with Gasteiger partial charge in [-0.25, -0.2) is 4.79 Å². The molecule has 144 valence electrons. The third-order valence-electron chi connectivity index (χ3n) is 3.27. The Hall–Kier alpha value is -1.83. The summed E-state index contributed by atoms with van der Waals surface area (Å²) in [5.74, 6) is -0.782. The van der Waals surface area contributed by atoms with E-state index in [9.17, 15) is 14.4 Å². The minimum absolute atomic E-state index is 0.00318. The van der Waals surface area contributed by atoms with Gasteiger partial charge in [0.15, 0.2) is 0 Å². The molecule has 0 saturated carbocycles. The van der Waals surface area contributed by atoms with Gasteiger partial charge in [-0.15, -0.1) is 0 Å². The number of urea groups is 1. The number of nitrogens with one attached hydrogen (secondary N) is 3. The lowest BCUT2D eigenvalue weighted by molar-refractivity contribution is -0.122. The minimum Gasteiger partial charge on any atom is -0.338 e.